The number of aryl methyl sites for hydroxylation is 1. The van der Waals surface area contributed by atoms with Gasteiger partial charge in [0.1, 0.15) is 0 Å². The van der Waals surface area contributed by atoms with Gasteiger partial charge >= 0.3 is 0 Å². The van der Waals surface area contributed by atoms with E-state index in [1.54, 1.807) is 0 Å². The van der Waals surface area contributed by atoms with Crippen LogP contribution in [0.15, 0.2) is 176 Å². The predicted molar refractivity (Wildman–Crippen MR) is 244 cm³/mol. The first-order chi connectivity index (χ1) is 28.1. The molecule has 0 fully saturated rings. The second-order valence-corrected chi connectivity index (χ2v) is 18.1. The number of rotatable bonds is 4. The van der Waals surface area contributed by atoms with E-state index in [4.69, 9.17) is 0 Å². The summed E-state index contributed by atoms with van der Waals surface area (Å²) < 4.78 is 0. The van der Waals surface area contributed by atoms with Crippen LogP contribution in [0.4, 0.5) is 17.1 Å². The number of hydrogen-bond donors (Lipinski definition) is 0. The van der Waals surface area contributed by atoms with Gasteiger partial charge in [-0.1, -0.05) is 180 Å². The number of benzene rings is 8. The third kappa shape index (κ3) is 4.71. The van der Waals surface area contributed by atoms with Crippen molar-refractivity contribution in [1.29, 1.82) is 0 Å². The molecule has 0 aromatic heterocycles. The molecule has 0 aliphatic heterocycles. The third-order valence-electron chi connectivity index (χ3n) is 13.6. The van der Waals surface area contributed by atoms with E-state index in [1.807, 2.05) is 0 Å². The molecule has 0 amide bonds. The van der Waals surface area contributed by atoms with Crippen molar-refractivity contribution in [3.63, 3.8) is 0 Å². The van der Waals surface area contributed by atoms with Crippen LogP contribution >= 0.6 is 0 Å². The normalized spacial score (nSPS) is 16.3. The highest BCUT2D eigenvalue weighted by atomic mass is 15.1. The molecule has 1 spiro atoms. The maximum atomic E-state index is 2.53. The van der Waals surface area contributed by atoms with Crippen molar-refractivity contribution in [3.8, 4) is 44.5 Å². The molecule has 0 saturated carbocycles. The number of nitrogens with zero attached hydrogens (tertiary/aromatic N) is 1. The van der Waals surface area contributed by atoms with Gasteiger partial charge in [0, 0.05) is 22.4 Å². The fourth-order valence-electron chi connectivity index (χ4n) is 10.8. The van der Waals surface area contributed by atoms with E-state index in [-0.39, 0.29) is 10.8 Å². The van der Waals surface area contributed by atoms with E-state index < -0.39 is 5.41 Å². The minimum Gasteiger partial charge on any atom is -0.310 e. The van der Waals surface area contributed by atoms with Crippen LogP contribution in [-0.2, 0) is 16.2 Å². The lowest BCUT2D eigenvalue weighted by Gasteiger charge is -2.34. The quantitative estimate of drug-likeness (QED) is 0.173. The summed E-state index contributed by atoms with van der Waals surface area (Å²) in [5, 5.41) is 0. The van der Waals surface area contributed by atoms with Crippen molar-refractivity contribution in [3.05, 3.63) is 220 Å². The molecule has 0 heterocycles. The standard InChI is InChI=1S/C57H47N/c1-36-17-7-8-18-40(36)47-22-12-16-26-54(47)58(38-28-31-44-41-19-9-13-23-48(41)56(5,6)51(44)34-38)39-29-32-46-43-21-11-15-25-50(43)57(53(46)35-39)49-24-14-10-20-42(49)45-30-27-37(33-52(45)57)55(2,3)4/h7-35H,1-6H3. The lowest BCUT2D eigenvalue weighted by molar-refractivity contribution is 0.588. The molecule has 0 bridgehead atoms. The van der Waals surface area contributed by atoms with Crippen molar-refractivity contribution in [2.45, 2.75) is 57.8 Å². The molecule has 3 aliphatic carbocycles. The van der Waals surface area contributed by atoms with Gasteiger partial charge in [-0.15, -0.1) is 0 Å². The molecule has 0 radical (unpaired) electrons. The Kier molecular flexibility index (Phi) is 7.36. The zero-order valence-electron chi connectivity index (χ0n) is 34.2. The predicted octanol–water partition coefficient (Wildman–Crippen LogP) is 15.1. The maximum absolute atomic E-state index is 2.53. The summed E-state index contributed by atoms with van der Waals surface area (Å²) in [7, 11) is 0. The van der Waals surface area contributed by atoms with Crippen molar-refractivity contribution in [2.75, 3.05) is 4.90 Å². The Hall–Kier alpha value is -6.44. The van der Waals surface area contributed by atoms with Gasteiger partial charge in [0.25, 0.3) is 0 Å². The Balaban J connectivity index is 1.21. The molecule has 1 unspecified atom stereocenters. The molecule has 1 nitrogen and oxygen atoms in total. The number of anilines is 3. The molecule has 8 aromatic carbocycles. The van der Waals surface area contributed by atoms with Gasteiger partial charge in [0.2, 0.25) is 0 Å². The molecule has 11 rings (SSSR count). The average molecular weight is 746 g/mol. The van der Waals surface area contributed by atoms with Crippen LogP contribution in [0.2, 0.25) is 0 Å². The summed E-state index contributed by atoms with van der Waals surface area (Å²) in [6.07, 6.45) is 0. The van der Waals surface area contributed by atoms with Gasteiger partial charge in [-0.05, 0) is 126 Å². The largest absolute Gasteiger partial charge is 0.310 e. The lowest BCUT2D eigenvalue weighted by atomic mass is 9.69. The Morgan fingerprint density at radius 2 is 0.810 bits per heavy atom. The zero-order valence-corrected chi connectivity index (χ0v) is 34.2. The molecule has 1 atom stereocenters. The lowest BCUT2D eigenvalue weighted by Crippen LogP contribution is -2.27. The summed E-state index contributed by atoms with van der Waals surface area (Å²) in [4.78, 5) is 2.53. The van der Waals surface area contributed by atoms with Crippen molar-refractivity contribution < 1.29 is 0 Å². The van der Waals surface area contributed by atoms with E-state index in [0.717, 1.165) is 17.1 Å². The van der Waals surface area contributed by atoms with E-state index in [9.17, 15) is 0 Å². The molecular weight excluding hydrogens is 699 g/mol. The highest BCUT2D eigenvalue weighted by Gasteiger charge is 2.52. The van der Waals surface area contributed by atoms with Gasteiger partial charge < -0.3 is 4.90 Å². The topological polar surface area (TPSA) is 3.24 Å². The van der Waals surface area contributed by atoms with Crippen molar-refractivity contribution in [2.24, 2.45) is 0 Å². The summed E-state index contributed by atoms with van der Waals surface area (Å²) >= 11 is 0. The smallest absolute Gasteiger partial charge is 0.0726 e. The summed E-state index contributed by atoms with van der Waals surface area (Å²) in [6, 6.07) is 66.8. The van der Waals surface area contributed by atoms with Crippen LogP contribution in [0.5, 0.6) is 0 Å². The fourth-order valence-corrected chi connectivity index (χ4v) is 10.8. The second-order valence-electron chi connectivity index (χ2n) is 18.1. The van der Waals surface area contributed by atoms with Crippen LogP contribution in [-0.4, -0.2) is 0 Å². The molecule has 0 saturated heterocycles. The molecule has 58 heavy (non-hydrogen) atoms. The Morgan fingerprint density at radius 1 is 0.379 bits per heavy atom. The third-order valence-corrected chi connectivity index (χ3v) is 13.6. The van der Waals surface area contributed by atoms with E-state index >= 15 is 0 Å². The van der Waals surface area contributed by atoms with Crippen LogP contribution in [0.1, 0.15) is 79.1 Å². The summed E-state index contributed by atoms with van der Waals surface area (Å²) in [6.45, 7) is 14.0. The SMILES string of the molecule is Cc1ccccc1-c1ccccc1N(c1ccc2c(c1)C(C)(C)c1ccccc1-2)c1ccc2c(c1)C1(c3ccccc3-2)c2ccccc2-c2ccc(C(C)(C)C)cc21. The molecule has 280 valence electrons. The van der Waals surface area contributed by atoms with Gasteiger partial charge in [-0.25, -0.2) is 0 Å². The molecule has 1 heteroatoms. The first kappa shape index (κ1) is 34.8. The van der Waals surface area contributed by atoms with E-state index in [2.05, 4.69) is 222 Å². The van der Waals surface area contributed by atoms with Gasteiger partial charge in [0.15, 0.2) is 0 Å². The number of fused-ring (bicyclic) bond motifs is 13. The molecule has 3 aliphatic rings. The maximum Gasteiger partial charge on any atom is 0.0726 e. The minimum absolute atomic E-state index is 0.00484. The van der Waals surface area contributed by atoms with Crippen molar-refractivity contribution >= 4 is 17.1 Å². The highest BCUT2D eigenvalue weighted by Crippen LogP contribution is 2.64. The average Bonchev–Trinajstić information content (AvgIpc) is 3.79. The van der Waals surface area contributed by atoms with Crippen LogP contribution in [0.25, 0.3) is 44.5 Å². The van der Waals surface area contributed by atoms with Crippen LogP contribution in [0, 0.1) is 6.92 Å². The molecule has 0 N–H and O–H groups in total. The number of para-hydroxylation sites is 1. The Morgan fingerprint density at radius 3 is 1.41 bits per heavy atom. The van der Waals surface area contributed by atoms with Gasteiger partial charge in [0.05, 0.1) is 11.1 Å². The summed E-state index contributed by atoms with van der Waals surface area (Å²) in [5.74, 6) is 0. The van der Waals surface area contributed by atoms with E-state index in [0.29, 0.717) is 0 Å². The van der Waals surface area contributed by atoms with Crippen LogP contribution in [0.3, 0.4) is 0 Å². The Bertz CT molecular complexity index is 2980. The fraction of sp³-hybridized carbons (Fsp3) is 0.158. The van der Waals surface area contributed by atoms with Gasteiger partial charge in [-0.2, -0.15) is 0 Å². The van der Waals surface area contributed by atoms with Gasteiger partial charge in [-0.3, -0.25) is 0 Å². The first-order valence-corrected chi connectivity index (χ1v) is 20.8. The first-order valence-electron chi connectivity index (χ1n) is 20.8. The highest BCUT2D eigenvalue weighted by molar-refractivity contribution is 5.98. The van der Waals surface area contributed by atoms with Crippen LogP contribution < -0.4 is 4.90 Å². The monoisotopic (exact) mass is 745 g/mol. The molecule has 8 aromatic rings. The molecular formula is C57H47N. The second kappa shape index (κ2) is 12.3. The number of hydrogen-bond acceptors (Lipinski definition) is 1. The summed E-state index contributed by atoms with van der Waals surface area (Å²) in [5.41, 5.74) is 24.1. The Labute approximate surface area is 343 Å². The zero-order chi connectivity index (χ0) is 39.6. The minimum atomic E-state index is -0.460. The van der Waals surface area contributed by atoms with E-state index in [1.165, 1.54) is 89.0 Å². The van der Waals surface area contributed by atoms with Crippen molar-refractivity contribution in [1.82, 2.24) is 0 Å².